The standard InChI is InChI=1S/C9H14N2.C2H6/c1-7-8(9(2,3)4)11-6-5-10-7;1-2/h5-6H,1-4H3;1-2H3. The fraction of sp³-hybridized carbons (Fsp3) is 0.636. The van der Waals surface area contributed by atoms with Crippen LogP contribution < -0.4 is 0 Å². The van der Waals surface area contributed by atoms with Gasteiger partial charge in [0.25, 0.3) is 0 Å². The average molecular weight is 180 g/mol. The van der Waals surface area contributed by atoms with Crippen LogP contribution in [-0.4, -0.2) is 9.97 Å². The molecule has 0 aromatic carbocycles. The molecule has 0 aliphatic rings. The van der Waals surface area contributed by atoms with Crippen LogP contribution >= 0.6 is 0 Å². The van der Waals surface area contributed by atoms with E-state index in [1.165, 1.54) is 0 Å². The fourth-order valence-electron chi connectivity index (χ4n) is 1.14. The molecule has 0 amide bonds. The highest BCUT2D eigenvalue weighted by Gasteiger charge is 2.17. The number of aryl methyl sites for hydroxylation is 1. The molecule has 2 nitrogen and oxygen atoms in total. The Bertz CT molecular complexity index is 249. The quantitative estimate of drug-likeness (QED) is 0.613. The highest BCUT2D eigenvalue weighted by molar-refractivity contribution is 5.17. The van der Waals surface area contributed by atoms with Gasteiger partial charge in [-0.25, -0.2) is 0 Å². The lowest BCUT2D eigenvalue weighted by molar-refractivity contribution is 0.559. The number of hydrogen-bond acceptors (Lipinski definition) is 2. The van der Waals surface area contributed by atoms with Crippen LogP contribution in [-0.2, 0) is 5.41 Å². The summed E-state index contributed by atoms with van der Waals surface area (Å²) in [7, 11) is 0. The van der Waals surface area contributed by atoms with Gasteiger partial charge in [0.05, 0.1) is 11.4 Å². The van der Waals surface area contributed by atoms with E-state index in [4.69, 9.17) is 0 Å². The van der Waals surface area contributed by atoms with E-state index in [1.807, 2.05) is 20.8 Å². The fourth-order valence-corrected chi connectivity index (χ4v) is 1.14. The summed E-state index contributed by atoms with van der Waals surface area (Å²) < 4.78 is 0. The minimum absolute atomic E-state index is 0.109. The van der Waals surface area contributed by atoms with Gasteiger partial charge in [-0.1, -0.05) is 34.6 Å². The molecule has 74 valence electrons. The van der Waals surface area contributed by atoms with Gasteiger partial charge >= 0.3 is 0 Å². The van der Waals surface area contributed by atoms with Crippen molar-refractivity contribution in [2.75, 3.05) is 0 Å². The van der Waals surface area contributed by atoms with E-state index in [1.54, 1.807) is 12.4 Å². The Hall–Kier alpha value is -0.920. The summed E-state index contributed by atoms with van der Waals surface area (Å²) in [6, 6.07) is 0. The van der Waals surface area contributed by atoms with Crippen LogP contribution in [0.25, 0.3) is 0 Å². The van der Waals surface area contributed by atoms with E-state index in [0.717, 1.165) is 11.4 Å². The smallest absolute Gasteiger partial charge is 0.0669 e. The van der Waals surface area contributed by atoms with Gasteiger partial charge in [-0.2, -0.15) is 0 Å². The minimum atomic E-state index is 0.109. The molecule has 0 saturated heterocycles. The summed E-state index contributed by atoms with van der Waals surface area (Å²) >= 11 is 0. The second-order valence-corrected chi connectivity index (χ2v) is 3.74. The SMILES string of the molecule is CC.Cc1nccnc1C(C)(C)C. The molecule has 0 fully saturated rings. The average Bonchev–Trinajstić information content (AvgIpc) is 2.07. The van der Waals surface area contributed by atoms with Crippen LogP contribution in [0.4, 0.5) is 0 Å². The molecular weight excluding hydrogens is 160 g/mol. The third kappa shape index (κ3) is 3.53. The first kappa shape index (κ1) is 12.1. The molecule has 0 saturated carbocycles. The molecule has 1 aromatic heterocycles. The highest BCUT2D eigenvalue weighted by atomic mass is 14.8. The number of rotatable bonds is 0. The number of aromatic nitrogens is 2. The predicted octanol–water partition coefficient (Wildman–Crippen LogP) is 3.11. The lowest BCUT2D eigenvalue weighted by atomic mass is 9.91. The lowest BCUT2D eigenvalue weighted by Crippen LogP contribution is -2.15. The van der Waals surface area contributed by atoms with Gasteiger partial charge in [0.1, 0.15) is 0 Å². The Balaban J connectivity index is 0.000000671. The molecule has 1 heterocycles. The van der Waals surface area contributed by atoms with Crippen LogP contribution in [0, 0.1) is 6.92 Å². The van der Waals surface area contributed by atoms with E-state index in [9.17, 15) is 0 Å². The van der Waals surface area contributed by atoms with Crippen molar-refractivity contribution in [1.29, 1.82) is 0 Å². The highest BCUT2D eigenvalue weighted by Crippen LogP contribution is 2.20. The molecule has 0 N–H and O–H groups in total. The van der Waals surface area contributed by atoms with Crippen molar-refractivity contribution in [2.45, 2.75) is 47.0 Å². The predicted molar refractivity (Wildman–Crippen MR) is 56.8 cm³/mol. The topological polar surface area (TPSA) is 25.8 Å². The minimum Gasteiger partial charge on any atom is -0.258 e. The normalized spacial score (nSPS) is 10.3. The van der Waals surface area contributed by atoms with Gasteiger partial charge in [-0.05, 0) is 6.92 Å². The first-order valence-corrected chi connectivity index (χ1v) is 4.80. The molecule has 13 heavy (non-hydrogen) atoms. The number of hydrogen-bond donors (Lipinski definition) is 0. The maximum absolute atomic E-state index is 4.29. The summed E-state index contributed by atoms with van der Waals surface area (Å²) in [5, 5.41) is 0. The van der Waals surface area contributed by atoms with E-state index in [0.29, 0.717) is 0 Å². The molecule has 0 bridgehead atoms. The summed E-state index contributed by atoms with van der Waals surface area (Å²) in [4.78, 5) is 8.47. The van der Waals surface area contributed by atoms with Gasteiger partial charge in [0, 0.05) is 17.8 Å². The van der Waals surface area contributed by atoms with Gasteiger partial charge in [-0.15, -0.1) is 0 Å². The molecule has 0 spiro atoms. The van der Waals surface area contributed by atoms with Crippen molar-refractivity contribution >= 4 is 0 Å². The first-order valence-electron chi connectivity index (χ1n) is 4.80. The molecule has 1 rings (SSSR count). The van der Waals surface area contributed by atoms with Crippen LogP contribution in [0.3, 0.4) is 0 Å². The van der Waals surface area contributed by atoms with Crippen molar-refractivity contribution in [3.05, 3.63) is 23.8 Å². The zero-order valence-electron chi connectivity index (χ0n) is 9.55. The Morgan fingerprint density at radius 1 is 1.00 bits per heavy atom. The van der Waals surface area contributed by atoms with Crippen LogP contribution in [0.15, 0.2) is 12.4 Å². The van der Waals surface area contributed by atoms with Gasteiger partial charge < -0.3 is 0 Å². The summed E-state index contributed by atoms with van der Waals surface area (Å²) in [6.45, 7) is 12.4. The third-order valence-corrected chi connectivity index (χ3v) is 1.59. The first-order chi connectivity index (χ1) is 6.02. The van der Waals surface area contributed by atoms with Crippen molar-refractivity contribution < 1.29 is 0 Å². The Labute approximate surface area is 81.4 Å². The maximum atomic E-state index is 4.29. The summed E-state index contributed by atoms with van der Waals surface area (Å²) in [5.74, 6) is 0. The molecule has 0 aliphatic heterocycles. The lowest BCUT2D eigenvalue weighted by Gasteiger charge is -2.18. The third-order valence-electron chi connectivity index (χ3n) is 1.59. The largest absolute Gasteiger partial charge is 0.258 e. The van der Waals surface area contributed by atoms with Crippen molar-refractivity contribution in [3.8, 4) is 0 Å². The monoisotopic (exact) mass is 180 g/mol. The molecule has 0 atom stereocenters. The molecule has 0 radical (unpaired) electrons. The van der Waals surface area contributed by atoms with Crippen LogP contribution in [0.5, 0.6) is 0 Å². The second kappa shape index (κ2) is 4.95. The Kier molecular flexibility index (Phi) is 4.60. The number of nitrogens with zero attached hydrogens (tertiary/aromatic N) is 2. The van der Waals surface area contributed by atoms with E-state index >= 15 is 0 Å². The summed E-state index contributed by atoms with van der Waals surface area (Å²) in [6.07, 6.45) is 3.47. The molecule has 0 unspecified atom stereocenters. The summed E-state index contributed by atoms with van der Waals surface area (Å²) in [5.41, 5.74) is 2.22. The van der Waals surface area contributed by atoms with Crippen LogP contribution in [0.1, 0.15) is 46.0 Å². The van der Waals surface area contributed by atoms with Gasteiger partial charge in [-0.3, -0.25) is 9.97 Å². The molecule has 0 aliphatic carbocycles. The van der Waals surface area contributed by atoms with Crippen molar-refractivity contribution in [1.82, 2.24) is 9.97 Å². The molecule has 2 heteroatoms. The van der Waals surface area contributed by atoms with Crippen LogP contribution in [0.2, 0.25) is 0 Å². The van der Waals surface area contributed by atoms with E-state index < -0.39 is 0 Å². The Morgan fingerprint density at radius 2 is 1.46 bits per heavy atom. The Morgan fingerprint density at radius 3 is 1.77 bits per heavy atom. The van der Waals surface area contributed by atoms with Gasteiger partial charge in [0.15, 0.2) is 0 Å². The van der Waals surface area contributed by atoms with Crippen molar-refractivity contribution in [2.24, 2.45) is 0 Å². The van der Waals surface area contributed by atoms with E-state index in [-0.39, 0.29) is 5.41 Å². The molecule has 1 aromatic rings. The zero-order valence-corrected chi connectivity index (χ0v) is 9.55. The van der Waals surface area contributed by atoms with E-state index in [2.05, 4.69) is 30.7 Å². The maximum Gasteiger partial charge on any atom is 0.0669 e. The molecular formula is C11H20N2. The zero-order chi connectivity index (χ0) is 10.5. The van der Waals surface area contributed by atoms with Gasteiger partial charge in [0.2, 0.25) is 0 Å². The second-order valence-electron chi connectivity index (χ2n) is 3.74. The van der Waals surface area contributed by atoms with Crippen molar-refractivity contribution in [3.63, 3.8) is 0 Å².